The van der Waals surface area contributed by atoms with Gasteiger partial charge in [-0.05, 0) is 68.5 Å². The third-order valence-electron chi connectivity index (χ3n) is 6.04. The Morgan fingerprint density at radius 1 is 1.00 bits per heavy atom. The first-order valence-corrected chi connectivity index (χ1v) is 12.0. The summed E-state index contributed by atoms with van der Waals surface area (Å²) in [6.45, 7) is 2.00. The van der Waals surface area contributed by atoms with Gasteiger partial charge in [0.15, 0.2) is 0 Å². The Labute approximate surface area is 200 Å². The van der Waals surface area contributed by atoms with E-state index in [2.05, 4.69) is 5.32 Å². The van der Waals surface area contributed by atoms with Crippen LogP contribution in [0, 0.1) is 0 Å². The molecular formula is C26H22N2O5S. The molecule has 8 heteroatoms. The van der Waals surface area contributed by atoms with Crippen molar-refractivity contribution in [1.29, 1.82) is 0 Å². The fourth-order valence-corrected chi connectivity index (χ4v) is 5.73. The molecule has 172 valence electrons. The number of rotatable bonds is 5. The number of esters is 1. The maximum atomic E-state index is 13.2. The first-order chi connectivity index (χ1) is 16.5. The standard InChI is InChI=1S/C26H22N2O5S/c1-2-33-26(32)21-19-12-5-6-13-20(19)34-23(21)27-22(29)15-8-7-9-16(14-15)28-24(30)17-10-3-4-11-18(17)25(28)31/h3-4,7-11,14H,2,5-6,12-13H2,1H3,(H,27,29). The second-order valence-corrected chi connectivity index (χ2v) is 9.24. The molecule has 1 aliphatic heterocycles. The van der Waals surface area contributed by atoms with Crippen LogP contribution < -0.4 is 10.2 Å². The molecule has 0 unspecified atom stereocenters. The molecule has 3 amide bonds. The molecule has 5 rings (SSSR count). The Hall–Kier alpha value is -3.78. The molecule has 0 bridgehead atoms. The first-order valence-electron chi connectivity index (χ1n) is 11.2. The van der Waals surface area contributed by atoms with Crippen LogP contribution in [-0.2, 0) is 17.6 Å². The summed E-state index contributed by atoms with van der Waals surface area (Å²) in [5, 5.41) is 3.34. The molecule has 2 aromatic carbocycles. The van der Waals surface area contributed by atoms with Crippen molar-refractivity contribution in [3.8, 4) is 0 Å². The normalized spacial score (nSPS) is 14.6. The molecule has 2 aliphatic rings. The maximum absolute atomic E-state index is 13.2. The zero-order chi connectivity index (χ0) is 23.8. The topological polar surface area (TPSA) is 92.8 Å². The van der Waals surface area contributed by atoms with Gasteiger partial charge in [0, 0.05) is 10.4 Å². The predicted molar refractivity (Wildman–Crippen MR) is 129 cm³/mol. The maximum Gasteiger partial charge on any atom is 0.341 e. The van der Waals surface area contributed by atoms with Crippen LogP contribution in [0.4, 0.5) is 10.7 Å². The van der Waals surface area contributed by atoms with Gasteiger partial charge in [0.05, 0.1) is 29.0 Å². The van der Waals surface area contributed by atoms with Gasteiger partial charge in [-0.2, -0.15) is 0 Å². The van der Waals surface area contributed by atoms with Crippen LogP contribution >= 0.6 is 11.3 Å². The lowest BCUT2D eigenvalue weighted by molar-refractivity contribution is 0.0526. The lowest BCUT2D eigenvalue weighted by atomic mass is 9.95. The molecule has 34 heavy (non-hydrogen) atoms. The van der Waals surface area contributed by atoms with Gasteiger partial charge >= 0.3 is 5.97 Å². The Balaban J connectivity index is 1.44. The van der Waals surface area contributed by atoms with Gasteiger partial charge in [-0.3, -0.25) is 14.4 Å². The number of anilines is 2. The molecule has 0 saturated carbocycles. The highest BCUT2D eigenvalue weighted by Gasteiger charge is 2.36. The van der Waals surface area contributed by atoms with Crippen LogP contribution in [0.3, 0.4) is 0 Å². The summed E-state index contributed by atoms with van der Waals surface area (Å²) in [6, 6.07) is 13.0. The van der Waals surface area contributed by atoms with Gasteiger partial charge in [0.2, 0.25) is 0 Å². The average Bonchev–Trinajstić information content (AvgIpc) is 3.34. The molecule has 0 radical (unpaired) electrons. The highest BCUT2D eigenvalue weighted by molar-refractivity contribution is 7.17. The van der Waals surface area contributed by atoms with Crippen LogP contribution in [-0.4, -0.2) is 30.3 Å². The van der Waals surface area contributed by atoms with Gasteiger partial charge in [-0.1, -0.05) is 18.2 Å². The fourth-order valence-electron chi connectivity index (χ4n) is 4.46. The van der Waals surface area contributed by atoms with E-state index in [4.69, 9.17) is 4.74 Å². The van der Waals surface area contributed by atoms with Crippen molar-refractivity contribution < 1.29 is 23.9 Å². The van der Waals surface area contributed by atoms with E-state index >= 15 is 0 Å². The van der Waals surface area contributed by atoms with Crippen LogP contribution in [0.15, 0.2) is 48.5 Å². The summed E-state index contributed by atoms with van der Waals surface area (Å²) in [4.78, 5) is 53.7. The first kappa shape index (κ1) is 22.0. The number of carbonyl (C=O) groups excluding carboxylic acids is 4. The summed E-state index contributed by atoms with van der Waals surface area (Å²) >= 11 is 1.41. The molecular weight excluding hydrogens is 452 g/mol. The minimum atomic E-state index is -0.433. The van der Waals surface area contributed by atoms with Gasteiger partial charge < -0.3 is 10.1 Å². The third-order valence-corrected chi connectivity index (χ3v) is 7.25. The quantitative estimate of drug-likeness (QED) is 0.421. The van der Waals surface area contributed by atoms with Crippen molar-refractivity contribution in [3.63, 3.8) is 0 Å². The predicted octanol–water partition coefficient (Wildman–Crippen LogP) is 4.86. The van der Waals surface area contributed by atoms with E-state index in [1.165, 1.54) is 17.4 Å². The lowest BCUT2D eigenvalue weighted by Crippen LogP contribution is -2.29. The Morgan fingerprint density at radius 3 is 2.41 bits per heavy atom. The average molecular weight is 475 g/mol. The number of ether oxygens (including phenoxy) is 1. The molecule has 7 nitrogen and oxygen atoms in total. The zero-order valence-corrected chi connectivity index (χ0v) is 19.4. The van der Waals surface area contributed by atoms with E-state index in [0.717, 1.165) is 41.0 Å². The van der Waals surface area contributed by atoms with E-state index in [-0.39, 0.29) is 12.2 Å². The monoisotopic (exact) mass is 474 g/mol. The van der Waals surface area contributed by atoms with Crippen molar-refractivity contribution in [2.45, 2.75) is 32.6 Å². The van der Waals surface area contributed by atoms with Crippen LogP contribution in [0.25, 0.3) is 0 Å². The lowest BCUT2D eigenvalue weighted by Gasteiger charge is -2.15. The van der Waals surface area contributed by atoms with Crippen LogP contribution in [0.2, 0.25) is 0 Å². The molecule has 3 aromatic rings. The number of nitrogens with one attached hydrogen (secondary N) is 1. The number of fused-ring (bicyclic) bond motifs is 2. The highest BCUT2D eigenvalue weighted by atomic mass is 32.1. The molecule has 1 N–H and O–H groups in total. The Bertz CT molecular complexity index is 1310. The van der Waals surface area contributed by atoms with E-state index in [1.807, 2.05) is 0 Å². The molecule has 0 fully saturated rings. The zero-order valence-electron chi connectivity index (χ0n) is 18.6. The van der Waals surface area contributed by atoms with Crippen molar-refractivity contribution in [2.75, 3.05) is 16.8 Å². The number of nitrogens with zero attached hydrogens (tertiary/aromatic N) is 1. The fraction of sp³-hybridized carbons (Fsp3) is 0.231. The summed E-state index contributed by atoms with van der Waals surface area (Å²) in [5.41, 5.74) is 2.66. The van der Waals surface area contributed by atoms with Gasteiger partial charge in [0.1, 0.15) is 5.00 Å². The minimum Gasteiger partial charge on any atom is -0.462 e. The number of imide groups is 1. The molecule has 1 aromatic heterocycles. The SMILES string of the molecule is CCOC(=O)c1c(NC(=O)c2cccc(N3C(=O)c4ccccc4C3=O)c2)sc2c1CCCC2. The number of hydrogen-bond donors (Lipinski definition) is 1. The number of hydrogen-bond acceptors (Lipinski definition) is 6. The summed E-state index contributed by atoms with van der Waals surface area (Å²) < 4.78 is 5.26. The Morgan fingerprint density at radius 2 is 1.71 bits per heavy atom. The van der Waals surface area contributed by atoms with Gasteiger partial charge in [0.25, 0.3) is 17.7 Å². The largest absolute Gasteiger partial charge is 0.462 e. The van der Waals surface area contributed by atoms with Crippen molar-refractivity contribution in [2.24, 2.45) is 0 Å². The summed E-state index contributed by atoms with van der Waals surface area (Å²) in [7, 11) is 0. The summed E-state index contributed by atoms with van der Waals surface area (Å²) in [6.07, 6.45) is 3.69. The molecule has 0 saturated heterocycles. The van der Waals surface area contributed by atoms with Crippen LogP contribution in [0.1, 0.15) is 71.6 Å². The second kappa shape index (κ2) is 8.87. The minimum absolute atomic E-state index is 0.249. The van der Waals surface area contributed by atoms with E-state index in [1.54, 1.807) is 49.4 Å². The number of benzene rings is 2. The van der Waals surface area contributed by atoms with Crippen LogP contribution in [0.5, 0.6) is 0 Å². The van der Waals surface area contributed by atoms with Crippen molar-refractivity contribution >= 4 is 45.7 Å². The van der Waals surface area contributed by atoms with Gasteiger partial charge in [-0.15, -0.1) is 11.3 Å². The molecule has 0 atom stereocenters. The van der Waals surface area contributed by atoms with E-state index in [9.17, 15) is 19.2 Å². The second-order valence-electron chi connectivity index (χ2n) is 8.13. The number of thiophene rings is 1. The van der Waals surface area contributed by atoms with Gasteiger partial charge in [-0.25, -0.2) is 9.69 Å². The highest BCUT2D eigenvalue weighted by Crippen LogP contribution is 2.39. The number of amides is 3. The third kappa shape index (κ3) is 3.70. The summed E-state index contributed by atoms with van der Waals surface area (Å²) in [5.74, 6) is -1.71. The van der Waals surface area contributed by atoms with E-state index in [0.29, 0.717) is 27.4 Å². The molecule has 1 aliphatic carbocycles. The molecule has 0 spiro atoms. The van der Waals surface area contributed by atoms with E-state index < -0.39 is 23.7 Å². The smallest absolute Gasteiger partial charge is 0.341 e. The molecule has 2 heterocycles. The number of aryl methyl sites for hydroxylation is 1. The Kier molecular flexibility index (Phi) is 5.75. The number of carbonyl (C=O) groups is 4. The van der Waals surface area contributed by atoms with Crippen molar-refractivity contribution in [3.05, 3.63) is 81.2 Å². The van der Waals surface area contributed by atoms with Crippen molar-refractivity contribution in [1.82, 2.24) is 0 Å².